The molecule has 116 valence electrons. The number of hydrogen-bond donors (Lipinski definition) is 1. The summed E-state index contributed by atoms with van der Waals surface area (Å²) < 4.78 is 3.49. The molecule has 0 aliphatic carbocycles. The van der Waals surface area contributed by atoms with Gasteiger partial charge in [-0.15, -0.1) is 0 Å². The van der Waals surface area contributed by atoms with Crippen molar-refractivity contribution in [3.63, 3.8) is 0 Å². The summed E-state index contributed by atoms with van der Waals surface area (Å²) in [5, 5.41) is 15.1. The van der Waals surface area contributed by atoms with Crippen LogP contribution in [0.1, 0.15) is 26.2 Å². The van der Waals surface area contributed by atoms with Crippen LogP contribution in [0.5, 0.6) is 6.01 Å². The summed E-state index contributed by atoms with van der Waals surface area (Å²) in [6.45, 7) is 2.82. The van der Waals surface area contributed by atoms with Crippen molar-refractivity contribution in [1.82, 2.24) is 24.3 Å². The van der Waals surface area contributed by atoms with Gasteiger partial charge in [0.25, 0.3) is 6.01 Å². The number of aryl methyl sites for hydroxylation is 2. The molecule has 0 spiro atoms. The van der Waals surface area contributed by atoms with E-state index in [1.165, 1.54) is 0 Å². The molecule has 6 nitrogen and oxygen atoms in total. The molecule has 7 heteroatoms. The Morgan fingerprint density at radius 3 is 2.82 bits per heavy atom. The van der Waals surface area contributed by atoms with Gasteiger partial charge in [0.1, 0.15) is 5.52 Å². The summed E-state index contributed by atoms with van der Waals surface area (Å²) in [5.74, 6) is 0. The third-order valence-corrected chi connectivity index (χ3v) is 3.95. The molecule has 0 radical (unpaired) electrons. The summed E-state index contributed by atoms with van der Waals surface area (Å²) in [6.07, 6.45) is 6.57. The van der Waals surface area contributed by atoms with Crippen LogP contribution in [0.2, 0.25) is 5.02 Å². The average molecular weight is 320 g/mol. The van der Waals surface area contributed by atoms with Gasteiger partial charge in [0.05, 0.1) is 10.7 Å². The number of aromatic nitrogens is 5. The number of pyridine rings is 1. The van der Waals surface area contributed by atoms with E-state index in [9.17, 15) is 5.11 Å². The molecular weight excluding hydrogens is 302 g/mol. The molecule has 0 saturated carbocycles. The van der Waals surface area contributed by atoms with Crippen LogP contribution < -0.4 is 0 Å². The Balaban J connectivity index is 2.19. The fourth-order valence-corrected chi connectivity index (χ4v) is 2.82. The van der Waals surface area contributed by atoms with E-state index in [1.54, 1.807) is 15.4 Å². The van der Waals surface area contributed by atoms with E-state index in [0.29, 0.717) is 17.2 Å². The van der Waals surface area contributed by atoms with Crippen molar-refractivity contribution in [2.45, 2.75) is 32.7 Å². The molecule has 0 amide bonds. The Morgan fingerprint density at radius 2 is 2.14 bits per heavy atom. The average Bonchev–Trinajstić information content (AvgIpc) is 3.04. The Kier molecular flexibility index (Phi) is 4.02. The lowest BCUT2D eigenvalue weighted by Crippen LogP contribution is -2.00. The van der Waals surface area contributed by atoms with E-state index >= 15 is 0 Å². The molecule has 0 aromatic carbocycles. The van der Waals surface area contributed by atoms with Crippen LogP contribution in [0.15, 0.2) is 18.5 Å². The smallest absolute Gasteiger partial charge is 0.296 e. The standard InChI is InChI=1S/C15H18ClN5O/c1-3-4-5-7-21-13-12(11-6-8-20(2)19-11)10(16)9-17-14(13)18-15(21)22/h6,8-9H,3-5,7H2,1-2H3,(H,17,18,22). The summed E-state index contributed by atoms with van der Waals surface area (Å²) in [6, 6.07) is 1.86. The maximum Gasteiger partial charge on any atom is 0.296 e. The van der Waals surface area contributed by atoms with Crippen molar-refractivity contribution < 1.29 is 5.11 Å². The predicted octanol–water partition coefficient (Wildman–Crippen LogP) is 3.38. The number of imidazole rings is 1. The van der Waals surface area contributed by atoms with E-state index in [4.69, 9.17) is 11.6 Å². The fraction of sp³-hybridized carbons (Fsp3) is 0.400. The number of nitrogens with zero attached hydrogens (tertiary/aromatic N) is 5. The summed E-state index contributed by atoms with van der Waals surface area (Å²) >= 11 is 6.36. The van der Waals surface area contributed by atoms with Gasteiger partial charge in [0, 0.05) is 31.5 Å². The van der Waals surface area contributed by atoms with Gasteiger partial charge < -0.3 is 5.11 Å². The molecule has 0 aliphatic heterocycles. The van der Waals surface area contributed by atoms with E-state index in [0.717, 1.165) is 36.0 Å². The zero-order valence-corrected chi connectivity index (χ0v) is 13.4. The van der Waals surface area contributed by atoms with E-state index in [2.05, 4.69) is 22.0 Å². The fourth-order valence-electron chi connectivity index (χ4n) is 2.58. The van der Waals surface area contributed by atoms with Gasteiger partial charge >= 0.3 is 0 Å². The van der Waals surface area contributed by atoms with Crippen molar-refractivity contribution in [2.75, 3.05) is 0 Å². The first kappa shape index (κ1) is 14.8. The molecule has 3 aromatic heterocycles. The molecule has 1 N–H and O–H groups in total. The largest absolute Gasteiger partial charge is 0.480 e. The highest BCUT2D eigenvalue weighted by atomic mass is 35.5. The molecule has 0 atom stereocenters. The molecule has 22 heavy (non-hydrogen) atoms. The highest BCUT2D eigenvalue weighted by Crippen LogP contribution is 2.35. The van der Waals surface area contributed by atoms with Crippen molar-refractivity contribution in [3.8, 4) is 17.3 Å². The van der Waals surface area contributed by atoms with E-state index < -0.39 is 0 Å². The lowest BCUT2D eigenvalue weighted by atomic mass is 10.1. The van der Waals surface area contributed by atoms with Gasteiger partial charge in [-0.05, 0) is 12.5 Å². The second kappa shape index (κ2) is 5.96. The first-order chi connectivity index (χ1) is 10.6. The van der Waals surface area contributed by atoms with Gasteiger partial charge in [0.15, 0.2) is 5.65 Å². The molecule has 0 saturated heterocycles. The summed E-state index contributed by atoms with van der Waals surface area (Å²) in [5.41, 5.74) is 2.73. The van der Waals surface area contributed by atoms with Crippen molar-refractivity contribution in [3.05, 3.63) is 23.5 Å². The molecule has 3 rings (SSSR count). The van der Waals surface area contributed by atoms with Gasteiger partial charge in [-0.1, -0.05) is 31.4 Å². The highest BCUT2D eigenvalue weighted by Gasteiger charge is 2.19. The molecular formula is C15H18ClN5O. The summed E-state index contributed by atoms with van der Waals surface area (Å²) in [7, 11) is 1.85. The van der Waals surface area contributed by atoms with Crippen molar-refractivity contribution in [1.29, 1.82) is 0 Å². The number of aromatic hydroxyl groups is 1. The molecule has 0 bridgehead atoms. The van der Waals surface area contributed by atoms with Gasteiger partial charge in [-0.2, -0.15) is 10.1 Å². The van der Waals surface area contributed by atoms with Crippen LogP contribution in [0.4, 0.5) is 0 Å². The maximum absolute atomic E-state index is 10.1. The van der Waals surface area contributed by atoms with Crippen LogP contribution in [-0.2, 0) is 13.6 Å². The molecule has 0 fully saturated rings. The van der Waals surface area contributed by atoms with Crippen LogP contribution in [0.25, 0.3) is 22.4 Å². The van der Waals surface area contributed by atoms with E-state index in [-0.39, 0.29) is 6.01 Å². The zero-order valence-electron chi connectivity index (χ0n) is 12.6. The van der Waals surface area contributed by atoms with Crippen molar-refractivity contribution in [2.24, 2.45) is 7.05 Å². The minimum absolute atomic E-state index is 0.0296. The van der Waals surface area contributed by atoms with Gasteiger partial charge in [-0.25, -0.2) is 4.98 Å². The Labute approximate surface area is 133 Å². The third kappa shape index (κ3) is 2.54. The normalized spacial score (nSPS) is 11.4. The Hall–Kier alpha value is -2.08. The third-order valence-electron chi connectivity index (χ3n) is 3.66. The highest BCUT2D eigenvalue weighted by molar-refractivity contribution is 6.34. The number of halogens is 1. The maximum atomic E-state index is 10.1. The molecule has 0 unspecified atom stereocenters. The van der Waals surface area contributed by atoms with Crippen LogP contribution >= 0.6 is 11.6 Å². The molecule has 3 heterocycles. The Bertz CT molecular complexity index is 808. The summed E-state index contributed by atoms with van der Waals surface area (Å²) in [4.78, 5) is 8.37. The predicted molar refractivity (Wildman–Crippen MR) is 85.9 cm³/mol. The topological polar surface area (TPSA) is 68.8 Å². The first-order valence-electron chi connectivity index (χ1n) is 7.35. The lowest BCUT2D eigenvalue weighted by molar-refractivity contribution is 0.397. The second-order valence-corrected chi connectivity index (χ2v) is 5.71. The van der Waals surface area contributed by atoms with E-state index in [1.807, 2.05) is 19.3 Å². The quantitative estimate of drug-likeness (QED) is 0.732. The molecule has 0 aliphatic rings. The number of rotatable bonds is 5. The monoisotopic (exact) mass is 319 g/mol. The van der Waals surface area contributed by atoms with Gasteiger partial charge in [0.2, 0.25) is 0 Å². The second-order valence-electron chi connectivity index (χ2n) is 5.30. The SMILES string of the molecule is CCCCCn1c(O)nc2ncc(Cl)c(-c3ccn(C)n3)c21. The number of fused-ring (bicyclic) bond motifs is 1. The Morgan fingerprint density at radius 1 is 1.32 bits per heavy atom. The lowest BCUT2D eigenvalue weighted by Gasteiger charge is -2.08. The minimum Gasteiger partial charge on any atom is -0.480 e. The van der Waals surface area contributed by atoms with Crippen LogP contribution in [0, 0.1) is 0 Å². The first-order valence-corrected chi connectivity index (χ1v) is 7.73. The zero-order chi connectivity index (χ0) is 15.7. The minimum atomic E-state index is -0.0296. The van der Waals surface area contributed by atoms with Gasteiger partial charge in [-0.3, -0.25) is 9.25 Å². The number of unbranched alkanes of at least 4 members (excludes halogenated alkanes) is 2. The van der Waals surface area contributed by atoms with Crippen LogP contribution in [-0.4, -0.2) is 29.4 Å². The number of hydrogen-bond acceptors (Lipinski definition) is 4. The van der Waals surface area contributed by atoms with Crippen molar-refractivity contribution >= 4 is 22.8 Å². The van der Waals surface area contributed by atoms with Crippen LogP contribution in [0.3, 0.4) is 0 Å². The molecule has 3 aromatic rings.